The average Bonchev–Trinajstić information content (AvgIpc) is 2.42. The highest BCUT2D eigenvalue weighted by molar-refractivity contribution is 7.58. The Labute approximate surface area is 142 Å². The first kappa shape index (κ1) is 23.3. The molecule has 144 valence electrons. The molecule has 0 aromatic heterocycles. The number of aliphatic hydroxyl groups excluding tert-OH is 1. The van der Waals surface area contributed by atoms with Crippen LogP contribution in [0.4, 0.5) is 9.18 Å². The molecule has 0 aliphatic heterocycles. The van der Waals surface area contributed by atoms with Gasteiger partial charge in [-0.3, -0.25) is 0 Å². The van der Waals surface area contributed by atoms with Gasteiger partial charge in [0.1, 0.15) is 19.1 Å². The Kier molecular flexibility index (Phi) is 8.83. The standard InChI is InChI=1S/C14H29FNO7P/c1-7-21-14(6,22-8-2)24(19,20)11(15)10(17)9-16-12(18)23-13(3,4)5/h10-11,17H,7-9H2,1-6H3,(H,16,18)(H,19,20)/p-1. The molecule has 0 aliphatic carbocycles. The summed E-state index contributed by atoms with van der Waals surface area (Å²) in [6.45, 7) is 8.33. The van der Waals surface area contributed by atoms with Gasteiger partial charge in [0.15, 0.2) is 5.91 Å². The van der Waals surface area contributed by atoms with Gasteiger partial charge in [0.2, 0.25) is 5.53 Å². The summed E-state index contributed by atoms with van der Waals surface area (Å²) in [7, 11) is -5.00. The summed E-state index contributed by atoms with van der Waals surface area (Å²) in [5.74, 6) is -2.68. The summed E-state index contributed by atoms with van der Waals surface area (Å²) < 4.78 is 41.7. The summed E-state index contributed by atoms with van der Waals surface area (Å²) in [6, 6.07) is 0. The highest BCUT2D eigenvalue weighted by Gasteiger charge is 2.46. The predicted octanol–water partition coefficient (Wildman–Crippen LogP) is 1.55. The van der Waals surface area contributed by atoms with Crippen molar-refractivity contribution in [2.45, 2.75) is 64.7 Å². The van der Waals surface area contributed by atoms with Crippen molar-refractivity contribution in [2.75, 3.05) is 19.8 Å². The molecule has 3 unspecified atom stereocenters. The molecule has 10 heteroatoms. The van der Waals surface area contributed by atoms with Crippen LogP contribution < -0.4 is 10.2 Å². The maximum atomic E-state index is 14.3. The fourth-order valence-electron chi connectivity index (χ4n) is 1.81. The molecule has 0 saturated heterocycles. The number of alkyl halides is 1. The van der Waals surface area contributed by atoms with E-state index in [9.17, 15) is 23.7 Å². The van der Waals surface area contributed by atoms with E-state index in [1.165, 1.54) is 13.8 Å². The fraction of sp³-hybridized carbons (Fsp3) is 0.929. The fourth-order valence-corrected chi connectivity index (χ4v) is 3.43. The number of alkyl carbamates (subject to hydrolysis) is 1. The van der Waals surface area contributed by atoms with Crippen molar-refractivity contribution in [1.82, 2.24) is 5.32 Å². The van der Waals surface area contributed by atoms with Gasteiger partial charge in [-0.2, -0.15) is 0 Å². The van der Waals surface area contributed by atoms with Gasteiger partial charge in [-0.25, -0.2) is 9.18 Å². The molecule has 0 fully saturated rings. The number of carbonyl (C=O) groups excluding carboxylic acids is 1. The Morgan fingerprint density at radius 2 is 1.71 bits per heavy atom. The molecule has 24 heavy (non-hydrogen) atoms. The smallest absolute Gasteiger partial charge is 0.407 e. The number of ether oxygens (including phenoxy) is 3. The Morgan fingerprint density at radius 1 is 1.25 bits per heavy atom. The van der Waals surface area contributed by atoms with Crippen LogP contribution in [0.25, 0.3) is 0 Å². The van der Waals surface area contributed by atoms with E-state index in [0.717, 1.165) is 6.92 Å². The molecule has 0 aliphatic rings. The molecule has 3 atom stereocenters. The van der Waals surface area contributed by atoms with Crippen LogP contribution >= 0.6 is 7.37 Å². The molecule has 1 amide bonds. The number of hydrogen-bond donors (Lipinski definition) is 2. The lowest BCUT2D eigenvalue weighted by Crippen LogP contribution is -2.46. The van der Waals surface area contributed by atoms with Crippen molar-refractivity contribution >= 4 is 13.5 Å². The van der Waals surface area contributed by atoms with Crippen molar-refractivity contribution in [2.24, 2.45) is 0 Å². The Balaban J connectivity index is 4.93. The highest BCUT2D eigenvalue weighted by atomic mass is 31.2. The van der Waals surface area contributed by atoms with Crippen molar-refractivity contribution in [1.29, 1.82) is 0 Å². The normalized spacial score (nSPS) is 17.7. The molecular formula is C14H28FNO7P-. The molecule has 0 aromatic carbocycles. The van der Waals surface area contributed by atoms with Crippen LogP contribution in [-0.4, -0.2) is 54.1 Å². The topological polar surface area (TPSA) is 117 Å². The zero-order valence-corrected chi connectivity index (χ0v) is 15.9. The molecular weight excluding hydrogens is 344 g/mol. The highest BCUT2D eigenvalue weighted by Crippen LogP contribution is 2.57. The molecule has 0 rings (SSSR count). The van der Waals surface area contributed by atoms with Gasteiger partial charge in [0, 0.05) is 13.2 Å². The second kappa shape index (κ2) is 9.10. The molecule has 2 N–H and O–H groups in total. The van der Waals surface area contributed by atoms with Gasteiger partial charge in [-0.1, -0.05) is 0 Å². The lowest BCUT2D eigenvalue weighted by Gasteiger charge is -2.43. The number of amides is 1. The van der Waals surface area contributed by atoms with Crippen molar-refractivity contribution < 1.29 is 38.0 Å². The number of nitrogens with one attached hydrogen (secondary N) is 1. The lowest BCUT2D eigenvalue weighted by molar-refractivity contribution is -0.246. The molecule has 0 saturated carbocycles. The van der Waals surface area contributed by atoms with E-state index in [2.05, 4.69) is 5.32 Å². The number of carbonyl (C=O) groups is 1. The van der Waals surface area contributed by atoms with Crippen LogP contribution in [-0.2, 0) is 18.8 Å². The van der Waals surface area contributed by atoms with Crippen LogP contribution in [0.1, 0.15) is 41.5 Å². The molecule has 0 radical (unpaired) electrons. The second-order valence-corrected chi connectivity index (χ2v) is 8.68. The lowest BCUT2D eigenvalue weighted by atomic mass is 10.2. The average molecular weight is 372 g/mol. The third-order valence-electron chi connectivity index (χ3n) is 2.89. The third kappa shape index (κ3) is 6.64. The van der Waals surface area contributed by atoms with Crippen molar-refractivity contribution in [3.63, 3.8) is 0 Å². The summed E-state index contributed by atoms with van der Waals surface area (Å²) in [4.78, 5) is 23.8. The van der Waals surface area contributed by atoms with Gasteiger partial charge in [0.05, 0.1) is 6.54 Å². The Bertz CT molecular complexity index is 449. The minimum Gasteiger partial charge on any atom is -0.794 e. The van der Waals surface area contributed by atoms with Crippen molar-refractivity contribution in [3.8, 4) is 0 Å². The summed E-state index contributed by atoms with van der Waals surface area (Å²) in [5, 5.41) is 11.9. The van der Waals surface area contributed by atoms with Gasteiger partial charge >= 0.3 is 6.09 Å². The molecule has 0 bridgehead atoms. The van der Waals surface area contributed by atoms with Crippen LogP contribution in [0.5, 0.6) is 0 Å². The Morgan fingerprint density at radius 3 is 2.08 bits per heavy atom. The maximum absolute atomic E-state index is 14.3. The number of aliphatic hydroxyl groups is 1. The van der Waals surface area contributed by atoms with Gasteiger partial charge in [-0.05, 0) is 41.5 Å². The monoisotopic (exact) mass is 372 g/mol. The first-order chi connectivity index (χ1) is 10.8. The van der Waals surface area contributed by atoms with Crippen molar-refractivity contribution in [3.05, 3.63) is 0 Å². The summed E-state index contributed by atoms with van der Waals surface area (Å²) >= 11 is 0. The molecule has 0 spiro atoms. The zero-order valence-electron chi connectivity index (χ0n) is 15.0. The minimum absolute atomic E-state index is 0.0261. The Hall–Kier alpha value is -0.730. The molecule has 0 heterocycles. The van der Waals surface area contributed by atoms with Gasteiger partial charge in [0.25, 0.3) is 0 Å². The van der Waals surface area contributed by atoms with E-state index in [1.807, 2.05) is 0 Å². The predicted molar refractivity (Wildman–Crippen MR) is 84.4 cm³/mol. The first-order valence-electron chi connectivity index (χ1n) is 7.68. The van der Waals surface area contributed by atoms with E-state index >= 15 is 0 Å². The SMILES string of the molecule is CCOC(C)(OCC)P(=O)([O-])C(F)C(O)CNC(=O)OC(C)(C)C. The first-order valence-corrected chi connectivity index (χ1v) is 9.37. The van der Waals surface area contributed by atoms with E-state index in [4.69, 9.17) is 14.2 Å². The zero-order chi connectivity index (χ0) is 19.2. The third-order valence-corrected chi connectivity index (χ3v) is 5.27. The largest absolute Gasteiger partial charge is 0.794 e. The molecule has 8 nitrogen and oxygen atoms in total. The van der Waals surface area contributed by atoms with E-state index in [-0.39, 0.29) is 13.2 Å². The van der Waals surface area contributed by atoms with Crippen LogP contribution in [0, 0.1) is 0 Å². The van der Waals surface area contributed by atoms with E-state index < -0.39 is 43.2 Å². The van der Waals surface area contributed by atoms with Gasteiger partial charge < -0.3 is 34.1 Å². The molecule has 0 aromatic rings. The van der Waals surface area contributed by atoms with E-state index in [0.29, 0.717) is 0 Å². The van der Waals surface area contributed by atoms with Crippen LogP contribution in [0.15, 0.2) is 0 Å². The number of rotatable bonds is 9. The van der Waals surface area contributed by atoms with Crippen LogP contribution in [0.2, 0.25) is 0 Å². The number of halogens is 1. The van der Waals surface area contributed by atoms with E-state index in [1.54, 1.807) is 20.8 Å². The maximum Gasteiger partial charge on any atom is 0.407 e. The quantitative estimate of drug-likeness (QED) is 0.466. The van der Waals surface area contributed by atoms with Crippen LogP contribution in [0.3, 0.4) is 0 Å². The number of hydrogen-bond acceptors (Lipinski definition) is 7. The minimum atomic E-state index is -5.00. The second-order valence-electron chi connectivity index (χ2n) is 6.18. The van der Waals surface area contributed by atoms with Gasteiger partial charge in [-0.15, -0.1) is 0 Å². The summed E-state index contributed by atoms with van der Waals surface area (Å²) in [5.41, 5.74) is -2.98. The summed E-state index contributed by atoms with van der Waals surface area (Å²) in [6.07, 6.45) is -2.90.